The van der Waals surface area contributed by atoms with Gasteiger partial charge in [0.05, 0.1) is 0 Å². The van der Waals surface area contributed by atoms with Gasteiger partial charge in [-0.3, -0.25) is 0 Å². The van der Waals surface area contributed by atoms with Gasteiger partial charge in [-0.15, -0.1) is 0 Å². The molecule has 0 N–H and O–H groups in total. The zero-order valence-electron chi connectivity index (χ0n) is 21.8. The van der Waals surface area contributed by atoms with Gasteiger partial charge in [0.15, 0.2) is 0 Å². The molecule has 0 aliphatic heterocycles. The van der Waals surface area contributed by atoms with Crippen molar-refractivity contribution in [3.63, 3.8) is 0 Å². The molecular formula is C29H45F3. The number of alkyl halides is 3. The second-order valence-electron chi connectivity index (χ2n) is 7.95. The third-order valence-corrected chi connectivity index (χ3v) is 4.67. The molecule has 2 rings (SSSR count). The molecule has 0 saturated heterocycles. The minimum absolute atomic E-state index is 0.188. The zero-order valence-corrected chi connectivity index (χ0v) is 21.8. The van der Waals surface area contributed by atoms with E-state index in [4.69, 9.17) is 0 Å². The highest BCUT2D eigenvalue weighted by atomic mass is 19.4. The van der Waals surface area contributed by atoms with Gasteiger partial charge in [-0.05, 0) is 56.7 Å². The van der Waals surface area contributed by atoms with Gasteiger partial charge in [0.2, 0.25) is 0 Å². The molecule has 1 aliphatic carbocycles. The molecule has 1 aliphatic rings. The third kappa shape index (κ3) is 17.6. The lowest BCUT2D eigenvalue weighted by Gasteiger charge is -2.12. The maximum atomic E-state index is 10.4. The van der Waals surface area contributed by atoms with Crippen LogP contribution in [0.5, 0.6) is 0 Å². The van der Waals surface area contributed by atoms with Gasteiger partial charge in [-0.2, -0.15) is 13.2 Å². The number of allylic oxidation sites excluding steroid dienone is 7. The number of halogens is 3. The summed E-state index contributed by atoms with van der Waals surface area (Å²) in [7, 11) is 0. The van der Waals surface area contributed by atoms with E-state index in [-0.39, 0.29) is 6.92 Å². The van der Waals surface area contributed by atoms with Gasteiger partial charge in [-0.1, -0.05) is 113 Å². The van der Waals surface area contributed by atoms with Gasteiger partial charge < -0.3 is 0 Å². The average Bonchev–Trinajstić information content (AvgIpc) is 3.56. The summed E-state index contributed by atoms with van der Waals surface area (Å²) in [6, 6.07) is 8.68. The van der Waals surface area contributed by atoms with Crippen LogP contribution in [0.25, 0.3) is 5.57 Å². The van der Waals surface area contributed by atoms with E-state index in [1.54, 1.807) is 0 Å². The molecule has 1 fully saturated rings. The highest BCUT2D eigenvalue weighted by Gasteiger charge is 2.17. The van der Waals surface area contributed by atoms with E-state index in [0.29, 0.717) is 0 Å². The Bertz CT molecular complexity index is 719. The van der Waals surface area contributed by atoms with Crippen LogP contribution in [0.15, 0.2) is 65.8 Å². The van der Waals surface area contributed by atoms with Crippen molar-refractivity contribution in [1.29, 1.82) is 0 Å². The van der Waals surface area contributed by atoms with Crippen molar-refractivity contribution in [3.8, 4) is 0 Å². The molecule has 182 valence electrons. The molecule has 1 saturated carbocycles. The lowest BCUT2D eigenvalue weighted by atomic mass is 9.93. The Balaban J connectivity index is 0. The summed E-state index contributed by atoms with van der Waals surface area (Å²) < 4.78 is 31.1. The molecule has 0 amide bonds. The van der Waals surface area contributed by atoms with Gasteiger partial charge in [0.1, 0.15) is 0 Å². The van der Waals surface area contributed by atoms with E-state index in [2.05, 4.69) is 90.6 Å². The predicted molar refractivity (Wildman–Crippen MR) is 138 cm³/mol. The van der Waals surface area contributed by atoms with Crippen LogP contribution < -0.4 is 0 Å². The van der Waals surface area contributed by atoms with Crippen molar-refractivity contribution < 1.29 is 13.2 Å². The van der Waals surface area contributed by atoms with Gasteiger partial charge in [0.25, 0.3) is 0 Å². The van der Waals surface area contributed by atoms with E-state index >= 15 is 0 Å². The highest BCUT2D eigenvalue weighted by Crippen LogP contribution is 2.31. The fourth-order valence-electron chi connectivity index (χ4n) is 2.55. The summed E-state index contributed by atoms with van der Waals surface area (Å²) in [4.78, 5) is 0. The molecular weight excluding hydrogens is 405 g/mol. The van der Waals surface area contributed by atoms with E-state index < -0.39 is 6.18 Å². The Labute approximate surface area is 196 Å². The molecule has 0 bridgehead atoms. The second-order valence-corrected chi connectivity index (χ2v) is 7.95. The van der Waals surface area contributed by atoms with Crippen LogP contribution >= 0.6 is 0 Å². The monoisotopic (exact) mass is 450 g/mol. The lowest BCUT2D eigenvalue weighted by Crippen LogP contribution is -1.95. The van der Waals surface area contributed by atoms with Crippen molar-refractivity contribution in [3.05, 3.63) is 76.9 Å². The first-order valence-corrected chi connectivity index (χ1v) is 11.8. The largest absolute Gasteiger partial charge is 0.386 e. The molecule has 0 radical (unpaired) electrons. The fraction of sp³-hybridized carbons (Fsp3) is 0.517. The van der Waals surface area contributed by atoms with Crippen LogP contribution in [-0.4, -0.2) is 6.18 Å². The Hall–Kier alpha value is -2.03. The predicted octanol–water partition coefficient (Wildman–Crippen LogP) is 10.7. The topological polar surface area (TPSA) is 0 Å². The summed E-state index contributed by atoms with van der Waals surface area (Å²) in [6.07, 6.45) is 8.03. The Morgan fingerprint density at radius 2 is 1.53 bits per heavy atom. The summed E-state index contributed by atoms with van der Waals surface area (Å²) in [5.74, 6) is 1.13. The van der Waals surface area contributed by atoms with E-state index in [9.17, 15) is 13.2 Å². The molecule has 3 heteroatoms. The van der Waals surface area contributed by atoms with Crippen molar-refractivity contribution in [2.24, 2.45) is 5.92 Å². The van der Waals surface area contributed by atoms with Crippen LogP contribution in [0.1, 0.15) is 92.2 Å². The Kier molecular flexibility index (Phi) is 17.6. The zero-order chi connectivity index (χ0) is 25.3. The van der Waals surface area contributed by atoms with Crippen LogP contribution in [0, 0.1) is 12.8 Å². The molecule has 1 aromatic rings. The molecule has 0 unspecified atom stereocenters. The van der Waals surface area contributed by atoms with Crippen LogP contribution in [0.4, 0.5) is 13.2 Å². The minimum atomic E-state index is -4.00. The standard InChI is InChI=1S/C20H26.C5H10.C2H3F3.C2H6/c1-7-9-19(18-12-10-17(6)11-13-18)20(15(3)4)14-16(5)8-2;1-2-5-3-4-5;1-2(3,4)5;1-2/h7,9-14H,3,8H2,1-2,4-6H3;5H,2-4H2,1H3;1H3;1-2H3/b9-7-,16-14-,20-19+;;;. The normalized spacial score (nSPS) is 14.2. The van der Waals surface area contributed by atoms with Gasteiger partial charge >= 0.3 is 6.18 Å². The van der Waals surface area contributed by atoms with Crippen LogP contribution in [-0.2, 0) is 0 Å². The van der Waals surface area contributed by atoms with Crippen molar-refractivity contribution in [2.75, 3.05) is 0 Å². The van der Waals surface area contributed by atoms with Crippen molar-refractivity contribution in [1.82, 2.24) is 0 Å². The molecule has 0 spiro atoms. The maximum absolute atomic E-state index is 10.4. The number of hydrogen-bond acceptors (Lipinski definition) is 0. The van der Waals surface area contributed by atoms with Gasteiger partial charge in [0, 0.05) is 6.92 Å². The first-order valence-electron chi connectivity index (χ1n) is 11.8. The summed E-state index contributed by atoms with van der Waals surface area (Å²) >= 11 is 0. The molecule has 1 aromatic carbocycles. The SMILES string of the molecule is C=C(C)C(/C=C(/C)CC)=C(\C=C/C)c1ccc(C)cc1.CC.CC(F)(F)F.CCC1CC1. The van der Waals surface area contributed by atoms with Crippen LogP contribution in [0.2, 0.25) is 0 Å². The summed E-state index contributed by atoms with van der Waals surface area (Å²) in [5, 5.41) is 0. The Morgan fingerprint density at radius 3 is 1.81 bits per heavy atom. The Morgan fingerprint density at radius 1 is 1.06 bits per heavy atom. The third-order valence-electron chi connectivity index (χ3n) is 4.67. The molecule has 0 heterocycles. The van der Waals surface area contributed by atoms with Crippen molar-refractivity contribution >= 4 is 5.57 Å². The second kappa shape index (κ2) is 17.5. The quantitative estimate of drug-likeness (QED) is 0.378. The molecule has 32 heavy (non-hydrogen) atoms. The van der Waals surface area contributed by atoms with Crippen LogP contribution in [0.3, 0.4) is 0 Å². The fourth-order valence-corrected chi connectivity index (χ4v) is 2.55. The minimum Gasteiger partial charge on any atom is -0.172 e. The number of rotatable bonds is 6. The van der Waals surface area contributed by atoms with E-state index in [1.165, 1.54) is 47.1 Å². The summed E-state index contributed by atoms with van der Waals surface area (Å²) in [5.41, 5.74) is 7.47. The molecule has 0 aromatic heterocycles. The molecule has 0 atom stereocenters. The maximum Gasteiger partial charge on any atom is 0.386 e. The smallest absolute Gasteiger partial charge is 0.172 e. The number of benzene rings is 1. The summed E-state index contributed by atoms with van der Waals surface area (Å²) in [6.45, 7) is 21.2. The average molecular weight is 451 g/mol. The first-order chi connectivity index (χ1) is 14.9. The van der Waals surface area contributed by atoms with Gasteiger partial charge in [-0.25, -0.2) is 0 Å². The van der Waals surface area contributed by atoms with E-state index in [1.807, 2.05) is 13.8 Å². The highest BCUT2D eigenvalue weighted by molar-refractivity contribution is 5.81. The van der Waals surface area contributed by atoms with Crippen molar-refractivity contribution in [2.45, 2.75) is 94.2 Å². The number of hydrogen-bond donors (Lipinski definition) is 0. The lowest BCUT2D eigenvalue weighted by molar-refractivity contribution is -0.110. The van der Waals surface area contributed by atoms with E-state index in [0.717, 1.165) is 17.9 Å². The first kappa shape index (κ1) is 32.2. The molecule has 0 nitrogen and oxygen atoms in total. The number of aryl methyl sites for hydroxylation is 1.